The highest BCUT2D eigenvalue weighted by Crippen LogP contribution is 2.26. The number of carbonyl (C=O) groups excluding carboxylic acids is 1. The highest BCUT2D eigenvalue weighted by atomic mass is 32.2. The molecule has 20 heavy (non-hydrogen) atoms. The van der Waals surface area contributed by atoms with E-state index in [1.165, 1.54) is 24.3 Å². The fourth-order valence-electron chi connectivity index (χ4n) is 1.54. The van der Waals surface area contributed by atoms with Gasteiger partial charge >= 0.3 is 5.97 Å². The molecular formula is C14H18O5S. The number of carbonyl (C=O) groups is 2. The Morgan fingerprint density at radius 2 is 1.55 bits per heavy atom. The van der Waals surface area contributed by atoms with E-state index in [1.807, 2.05) is 0 Å². The standard InChI is InChI=1S/C14H18O5S/c1-9(2)12(15)10-5-7-11(8-6-10)20(18,19)14(3,4)13(16)17/h5-9H,1-4H3,(H,16,17). The van der Waals surface area contributed by atoms with E-state index in [9.17, 15) is 18.0 Å². The van der Waals surface area contributed by atoms with Gasteiger partial charge in [0.05, 0.1) is 4.90 Å². The summed E-state index contributed by atoms with van der Waals surface area (Å²) in [5.74, 6) is -1.70. The van der Waals surface area contributed by atoms with Gasteiger partial charge in [0, 0.05) is 11.5 Å². The third-order valence-corrected chi connectivity index (χ3v) is 5.57. The minimum atomic E-state index is -4.01. The maximum Gasteiger partial charge on any atom is 0.324 e. The molecule has 0 aliphatic rings. The summed E-state index contributed by atoms with van der Waals surface area (Å²) in [6.45, 7) is 5.77. The van der Waals surface area contributed by atoms with Gasteiger partial charge in [0.1, 0.15) is 0 Å². The van der Waals surface area contributed by atoms with Gasteiger partial charge < -0.3 is 5.11 Å². The molecule has 5 nitrogen and oxygen atoms in total. The summed E-state index contributed by atoms with van der Waals surface area (Å²) in [5.41, 5.74) is 0.409. The number of hydrogen-bond donors (Lipinski definition) is 1. The first kappa shape index (κ1) is 16.4. The first-order valence-corrected chi connectivity index (χ1v) is 7.62. The Balaban J connectivity index is 3.24. The summed E-state index contributed by atoms with van der Waals surface area (Å²) in [6.07, 6.45) is 0. The van der Waals surface area contributed by atoms with E-state index in [1.54, 1.807) is 13.8 Å². The molecule has 0 aliphatic carbocycles. The second-order valence-electron chi connectivity index (χ2n) is 5.36. The monoisotopic (exact) mass is 298 g/mol. The highest BCUT2D eigenvalue weighted by Gasteiger charge is 2.42. The summed E-state index contributed by atoms with van der Waals surface area (Å²) in [5, 5.41) is 9.02. The third-order valence-electron chi connectivity index (χ3n) is 3.16. The molecule has 0 aliphatic heterocycles. The van der Waals surface area contributed by atoms with E-state index in [0.717, 1.165) is 13.8 Å². The molecule has 0 heterocycles. The van der Waals surface area contributed by atoms with Crippen molar-refractivity contribution in [3.63, 3.8) is 0 Å². The van der Waals surface area contributed by atoms with Gasteiger partial charge in [0.2, 0.25) is 0 Å². The van der Waals surface area contributed by atoms with Crippen LogP contribution < -0.4 is 0 Å². The van der Waals surface area contributed by atoms with Crippen LogP contribution in [0, 0.1) is 5.92 Å². The number of rotatable bonds is 5. The number of ketones is 1. The van der Waals surface area contributed by atoms with Crippen molar-refractivity contribution < 1.29 is 23.1 Å². The van der Waals surface area contributed by atoms with Crippen molar-refractivity contribution in [2.45, 2.75) is 37.3 Å². The molecule has 1 aromatic rings. The van der Waals surface area contributed by atoms with Crippen molar-refractivity contribution in [3.05, 3.63) is 29.8 Å². The molecular weight excluding hydrogens is 280 g/mol. The molecule has 1 N–H and O–H groups in total. The number of benzene rings is 1. The lowest BCUT2D eigenvalue weighted by Crippen LogP contribution is -2.40. The van der Waals surface area contributed by atoms with E-state index in [2.05, 4.69) is 0 Å². The molecule has 0 saturated heterocycles. The van der Waals surface area contributed by atoms with Crippen LogP contribution in [0.5, 0.6) is 0 Å². The van der Waals surface area contributed by atoms with E-state index in [0.29, 0.717) is 5.56 Å². The summed E-state index contributed by atoms with van der Waals surface area (Å²) in [7, 11) is -4.01. The van der Waals surface area contributed by atoms with Gasteiger partial charge in [-0.3, -0.25) is 9.59 Å². The molecule has 0 saturated carbocycles. The largest absolute Gasteiger partial charge is 0.480 e. The van der Waals surface area contributed by atoms with E-state index >= 15 is 0 Å². The predicted molar refractivity (Wildman–Crippen MR) is 74.5 cm³/mol. The van der Waals surface area contributed by atoms with Crippen molar-refractivity contribution in [2.24, 2.45) is 5.92 Å². The van der Waals surface area contributed by atoms with Crippen LogP contribution in [0.1, 0.15) is 38.1 Å². The first-order valence-electron chi connectivity index (χ1n) is 6.14. The fourth-order valence-corrected chi connectivity index (χ4v) is 2.85. The molecule has 0 bridgehead atoms. The maximum atomic E-state index is 12.2. The fraction of sp³-hybridized carbons (Fsp3) is 0.429. The van der Waals surface area contributed by atoms with E-state index in [-0.39, 0.29) is 16.6 Å². The molecule has 6 heteroatoms. The molecule has 1 aromatic carbocycles. The van der Waals surface area contributed by atoms with Crippen LogP contribution in [-0.2, 0) is 14.6 Å². The molecule has 110 valence electrons. The van der Waals surface area contributed by atoms with Gasteiger partial charge in [-0.2, -0.15) is 0 Å². The van der Waals surface area contributed by atoms with Crippen LogP contribution in [-0.4, -0.2) is 30.0 Å². The maximum absolute atomic E-state index is 12.2. The Kier molecular flexibility index (Phi) is 4.39. The highest BCUT2D eigenvalue weighted by molar-refractivity contribution is 7.93. The van der Waals surface area contributed by atoms with Gasteiger partial charge in [-0.25, -0.2) is 8.42 Å². The molecule has 0 radical (unpaired) electrons. The number of carboxylic acids is 1. The molecule has 0 unspecified atom stereocenters. The van der Waals surface area contributed by atoms with Crippen LogP contribution in [0.2, 0.25) is 0 Å². The van der Waals surface area contributed by atoms with Crippen molar-refractivity contribution >= 4 is 21.6 Å². The minimum absolute atomic E-state index is 0.0913. The summed E-state index contributed by atoms with van der Waals surface area (Å²) in [4.78, 5) is 22.7. The summed E-state index contributed by atoms with van der Waals surface area (Å²) in [6, 6.07) is 5.37. The average molecular weight is 298 g/mol. The number of sulfone groups is 1. The second kappa shape index (κ2) is 5.36. The SMILES string of the molecule is CC(C)C(=O)c1ccc(S(=O)(=O)C(C)(C)C(=O)O)cc1. The number of aliphatic carboxylic acids is 1. The summed E-state index contributed by atoms with van der Waals surface area (Å²) >= 11 is 0. The lowest BCUT2D eigenvalue weighted by atomic mass is 10.0. The zero-order valence-corrected chi connectivity index (χ0v) is 12.7. The van der Waals surface area contributed by atoms with Crippen molar-refractivity contribution in [1.29, 1.82) is 0 Å². The van der Waals surface area contributed by atoms with Gasteiger partial charge in [-0.15, -0.1) is 0 Å². The lowest BCUT2D eigenvalue weighted by Gasteiger charge is -2.19. The Bertz CT molecular complexity index is 624. The third kappa shape index (κ3) is 2.75. The molecule has 0 aromatic heterocycles. The van der Waals surface area contributed by atoms with E-state index in [4.69, 9.17) is 5.11 Å². The normalized spacial score (nSPS) is 12.4. The Hall–Kier alpha value is -1.69. The van der Waals surface area contributed by atoms with Crippen LogP contribution in [0.25, 0.3) is 0 Å². The predicted octanol–water partition coefficient (Wildman–Crippen LogP) is 2.16. The Morgan fingerprint density at radius 1 is 1.10 bits per heavy atom. The number of Topliss-reactive ketones (excluding diaryl/α,β-unsaturated/α-hetero) is 1. The number of hydrogen-bond acceptors (Lipinski definition) is 4. The van der Waals surface area contributed by atoms with Crippen molar-refractivity contribution in [2.75, 3.05) is 0 Å². The summed E-state index contributed by atoms with van der Waals surface area (Å²) < 4.78 is 22.6. The average Bonchev–Trinajstić information content (AvgIpc) is 2.37. The van der Waals surface area contributed by atoms with Gasteiger partial charge in [-0.05, 0) is 26.0 Å². The van der Waals surface area contributed by atoms with Gasteiger partial charge in [0.25, 0.3) is 0 Å². The minimum Gasteiger partial charge on any atom is -0.480 e. The zero-order valence-electron chi connectivity index (χ0n) is 11.9. The molecule has 1 rings (SSSR count). The van der Waals surface area contributed by atoms with Gasteiger partial charge in [0.15, 0.2) is 20.4 Å². The Labute approximate surface area is 118 Å². The van der Waals surface area contributed by atoms with Crippen molar-refractivity contribution in [3.8, 4) is 0 Å². The first-order chi connectivity index (χ1) is 9.01. The Morgan fingerprint density at radius 3 is 1.90 bits per heavy atom. The molecule has 0 atom stereocenters. The van der Waals surface area contributed by atoms with Crippen molar-refractivity contribution in [1.82, 2.24) is 0 Å². The molecule has 0 amide bonds. The van der Waals surface area contributed by atoms with Crippen LogP contribution >= 0.6 is 0 Å². The molecule has 0 fully saturated rings. The van der Waals surface area contributed by atoms with Crippen LogP contribution in [0.15, 0.2) is 29.2 Å². The smallest absolute Gasteiger partial charge is 0.324 e. The second-order valence-corrected chi connectivity index (χ2v) is 7.86. The quantitative estimate of drug-likeness (QED) is 0.841. The van der Waals surface area contributed by atoms with Gasteiger partial charge in [-0.1, -0.05) is 26.0 Å². The topological polar surface area (TPSA) is 88.5 Å². The van der Waals surface area contributed by atoms with E-state index < -0.39 is 20.6 Å². The van der Waals surface area contributed by atoms with Crippen LogP contribution in [0.4, 0.5) is 0 Å². The lowest BCUT2D eigenvalue weighted by molar-refractivity contribution is -0.139. The van der Waals surface area contributed by atoms with Crippen LogP contribution in [0.3, 0.4) is 0 Å². The number of carboxylic acid groups (broad SMARTS) is 1. The molecule has 0 spiro atoms. The zero-order chi connectivity index (χ0) is 15.7.